The van der Waals surface area contributed by atoms with Crippen LogP contribution < -0.4 is 5.73 Å². The number of hydrogen-bond donors (Lipinski definition) is 1. The summed E-state index contributed by atoms with van der Waals surface area (Å²) in [6.07, 6.45) is 2.30. The summed E-state index contributed by atoms with van der Waals surface area (Å²) in [4.78, 5) is 0. The molecule has 2 heterocycles. The van der Waals surface area contributed by atoms with E-state index < -0.39 is 0 Å². The smallest absolute Gasteiger partial charge is 0.0766 e. The Morgan fingerprint density at radius 1 is 1.29 bits per heavy atom. The lowest BCUT2D eigenvalue weighted by Crippen LogP contribution is -2.39. The molecule has 1 aliphatic rings. The Balaban J connectivity index is 2.20. The summed E-state index contributed by atoms with van der Waals surface area (Å²) in [5.41, 5.74) is 8.90. The molecule has 0 radical (unpaired) electrons. The largest absolute Gasteiger partial charge is 0.375 e. The van der Waals surface area contributed by atoms with E-state index in [1.165, 1.54) is 5.69 Å². The van der Waals surface area contributed by atoms with Gasteiger partial charge in [-0.2, -0.15) is 5.10 Å². The van der Waals surface area contributed by atoms with Crippen LogP contribution in [0.3, 0.4) is 0 Å². The Morgan fingerprint density at radius 2 is 1.95 bits per heavy atom. The summed E-state index contributed by atoms with van der Waals surface area (Å²) >= 11 is 3.71. The summed E-state index contributed by atoms with van der Waals surface area (Å²) in [5.74, 6) is 0.898. The number of rotatable bonds is 5. The number of aryl methyl sites for hydroxylation is 2. The van der Waals surface area contributed by atoms with Gasteiger partial charge in [0, 0.05) is 24.9 Å². The summed E-state index contributed by atoms with van der Waals surface area (Å²) in [6, 6.07) is 0.1000. The zero-order valence-corrected chi connectivity index (χ0v) is 15.4. The van der Waals surface area contributed by atoms with Crippen molar-refractivity contribution in [3.63, 3.8) is 0 Å². The molecule has 1 aromatic heterocycles. The molecule has 2 N–H and O–H groups in total. The molecule has 120 valence electrons. The van der Waals surface area contributed by atoms with E-state index in [9.17, 15) is 0 Å². The molecule has 0 aliphatic carbocycles. The lowest BCUT2D eigenvalue weighted by molar-refractivity contribution is 0.0489. The first-order valence-corrected chi connectivity index (χ1v) is 8.85. The quantitative estimate of drug-likeness (QED) is 0.880. The fourth-order valence-corrected chi connectivity index (χ4v) is 4.33. The van der Waals surface area contributed by atoms with E-state index in [0.29, 0.717) is 17.9 Å². The van der Waals surface area contributed by atoms with E-state index in [1.807, 2.05) is 0 Å². The number of aromatic nitrogens is 2. The second-order valence-electron chi connectivity index (χ2n) is 6.23. The van der Waals surface area contributed by atoms with Gasteiger partial charge >= 0.3 is 0 Å². The predicted molar refractivity (Wildman–Crippen MR) is 89.3 cm³/mol. The standard InChI is InChI=1S/C16H28BrN3O/c1-6-13-16(17)14(20(7-2)19-13)8-12(18)15-9(3)10(4)21-11(15)5/h9-12,15H,6-8,18H2,1-5H3. The molecule has 2 rings (SSSR count). The van der Waals surface area contributed by atoms with Crippen molar-refractivity contribution in [2.75, 3.05) is 0 Å². The zero-order chi connectivity index (χ0) is 15.7. The van der Waals surface area contributed by atoms with Crippen LogP contribution in [-0.4, -0.2) is 28.0 Å². The van der Waals surface area contributed by atoms with Crippen LogP contribution in [-0.2, 0) is 24.1 Å². The Bertz CT molecular complexity index is 488. The van der Waals surface area contributed by atoms with Crippen molar-refractivity contribution in [1.82, 2.24) is 9.78 Å². The predicted octanol–water partition coefficient (Wildman–Crippen LogP) is 3.16. The molecule has 4 nitrogen and oxygen atoms in total. The molecule has 1 fully saturated rings. The molecule has 1 saturated heterocycles. The van der Waals surface area contributed by atoms with Gasteiger partial charge in [-0.15, -0.1) is 0 Å². The van der Waals surface area contributed by atoms with Gasteiger partial charge in [0.1, 0.15) is 0 Å². The number of nitrogens with two attached hydrogens (primary N) is 1. The first-order chi connectivity index (χ1) is 9.90. The second kappa shape index (κ2) is 6.80. The highest BCUT2D eigenvalue weighted by molar-refractivity contribution is 9.10. The van der Waals surface area contributed by atoms with Crippen LogP contribution in [0.5, 0.6) is 0 Å². The minimum absolute atomic E-state index is 0.1000. The van der Waals surface area contributed by atoms with Crippen LogP contribution in [0.4, 0.5) is 0 Å². The summed E-state index contributed by atoms with van der Waals surface area (Å²) < 4.78 is 9.16. The van der Waals surface area contributed by atoms with E-state index in [-0.39, 0.29) is 12.1 Å². The third-order valence-corrected chi connectivity index (χ3v) is 5.85. The van der Waals surface area contributed by atoms with Gasteiger partial charge in [-0.3, -0.25) is 4.68 Å². The Labute approximate surface area is 136 Å². The molecule has 0 amide bonds. The Hall–Kier alpha value is -0.390. The van der Waals surface area contributed by atoms with Gasteiger partial charge in [0.2, 0.25) is 0 Å². The van der Waals surface area contributed by atoms with Gasteiger partial charge in [0.25, 0.3) is 0 Å². The van der Waals surface area contributed by atoms with E-state index in [0.717, 1.165) is 29.6 Å². The lowest BCUT2D eigenvalue weighted by Gasteiger charge is -2.26. The van der Waals surface area contributed by atoms with Crippen molar-refractivity contribution in [2.45, 2.75) is 72.3 Å². The van der Waals surface area contributed by atoms with E-state index in [1.54, 1.807) is 0 Å². The average molecular weight is 358 g/mol. The van der Waals surface area contributed by atoms with E-state index in [4.69, 9.17) is 10.5 Å². The molecule has 5 unspecified atom stereocenters. The van der Waals surface area contributed by atoms with Gasteiger partial charge in [-0.1, -0.05) is 13.8 Å². The molecule has 0 bridgehead atoms. The van der Waals surface area contributed by atoms with Crippen molar-refractivity contribution in [1.29, 1.82) is 0 Å². The third-order valence-electron chi connectivity index (χ3n) is 4.94. The topological polar surface area (TPSA) is 53.1 Å². The third kappa shape index (κ3) is 3.20. The lowest BCUT2D eigenvalue weighted by atomic mass is 9.82. The maximum Gasteiger partial charge on any atom is 0.0766 e. The van der Waals surface area contributed by atoms with Crippen LogP contribution in [0.25, 0.3) is 0 Å². The fourth-order valence-electron chi connectivity index (χ4n) is 3.60. The molecule has 0 aromatic carbocycles. The van der Waals surface area contributed by atoms with Crippen LogP contribution >= 0.6 is 15.9 Å². The van der Waals surface area contributed by atoms with Crippen molar-refractivity contribution in [2.24, 2.45) is 17.6 Å². The molecule has 1 aromatic rings. The van der Waals surface area contributed by atoms with E-state index >= 15 is 0 Å². The first kappa shape index (κ1) is 17.0. The summed E-state index contributed by atoms with van der Waals surface area (Å²) in [6.45, 7) is 11.7. The van der Waals surface area contributed by atoms with Crippen molar-refractivity contribution in [3.05, 3.63) is 15.9 Å². The first-order valence-electron chi connectivity index (χ1n) is 8.05. The minimum atomic E-state index is 0.1000. The van der Waals surface area contributed by atoms with Gasteiger partial charge < -0.3 is 10.5 Å². The molecule has 0 spiro atoms. The number of nitrogens with zero attached hydrogens (tertiary/aromatic N) is 2. The molecule has 5 atom stereocenters. The second-order valence-corrected chi connectivity index (χ2v) is 7.02. The number of halogens is 1. The maximum atomic E-state index is 6.56. The number of hydrogen-bond acceptors (Lipinski definition) is 3. The molecule has 5 heteroatoms. The molecule has 1 aliphatic heterocycles. The highest BCUT2D eigenvalue weighted by Gasteiger charge is 2.40. The summed E-state index contributed by atoms with van der Waals surface area (Å²) in [7, 11) is 0. The van der Waals surface area contributed by atoms with Crippen LogP contribution in [0.2, 0.25) is 0 Å². The van der Waals surface area contributed by atoms with Gasteiger partial charge in [-0.25, -0.2) is 0 Å². The van der Waals surface area contributed by atoms with Crippen molar-refractivity contribution >= 4 is 15.9 Å². The van der Waals surface area contributed by atoms with Gasteiger partial charge in [-0.05, 0) is 49.0 Å². The molecule has 21 heavy (non-hydrogen) atoms. The zero-order valence-electron chi connectivity index (χ0n) is 13.8. The van der Waals surface area contributed by atoms with Crippen LogP contribution in [0.15, 0.2) is 4.47 Å². The Morgan fingerprint density at radius 3 is 2.43 bits per heavy atom. The molecular weight excluding hydrogens is 330 g/mol. The van der Waals surface area contributed by atoms with E-state index in [2.05, 4.69) is 60.3 Å². The van der Waals surface area contributed by atoms with Crippen molar-refractivity contribution in [3.8, 4) is 0 Å². The maximum absolute atomic E-state index is 6.56. The SMILES string of the molecule is CCc1nn(CC)c(CC(N)C2C(C)OC(C)C2C)c1Br. The van der Waals surface area contributed by atoms with Gasteiger partial charge in [0.15, 0.2) is 0 Å². The monoisotopic (exact) mass is 357 g/mol. The minimum Gasteiger partial charge on any atom is -0.375 e. The Kier molecular flexibility index (Phi) is 5.49. The normalized spacial score (nSPS) is 30.8. The summed E-state index contributed by atoms with van der Waals surface area (Å²) in [5, 5.41) is 4.66. The van der Waals surface area contributed by atoms with Crippen LogP contribution in [0.1, 0.15) is 46.0 Å². The highest BCUT2D eigenvalue weighted by atomic mass is 79.9. The van der Waals surface area contributed by atoms with Crippen molar-refractivity contribution < 1.29 is 4.74 Å². The average Bonchev–Trinajstić information content (AvgIpc) is 2.88. The molecule has 0 saturated carbocycles. The number of ether oxygens (including phenoxy) is 1. The highest BCUT2D eigenvalue weighted by Crippen LogP contribution is 2.35. The van der Waals surface area contributed by atoms with Gasteiger partial charge in [0.05, 0.1) is 28.1 Å². The molecular formula is C16H28BrN3O. The fraction of sp³-hybridized carbons (Fsp3) is 0.812. The van der Waals surface area contributed by atoms with Crippen LogP contribution in [0, 0.1) is 11.8 Å².